The van der Waals surface area contributed by atoms with Crippen LogP contribution in [0.1, 0.15) is 76.7 Å². The smallest absolute Gasteiger partial charge is 0.193 e. The van der Waals surface area contributed by atoms with Crippen molar-refractivity contribution in [2.24, 2.45) is 0 Å². The van der Waals surface area contributed by atoms with E-state index in [0.717, 1.165) is 35.5 Å². The molecule has 150 valence electrons. The molecule has 0 bridgehead atoms. The Morgan fingerprint density at radius 2 is 1.48 bits per heavy atom. The number of Topliss-reactive ketones (excluding diaryl/α,β-unsaturated/α-hetero) is 1. The molecule has 3 aromatic rings. The van der Waals surface area contributed by atoms with Crippen molar-refractivity contribution >= 4 is 11.6 Å². The van der Waals surface area contributed by atoms with Crippen molar-refractivity contribution in [2.45, 2.75) is 52.9 Å². The number of nitrogens with zero attached hydrogens (tertiary/aromatic N) is 1. The third kappa shape index (κ3) is 4.73. The molecule has 1 heterocycles. The second kappa shape index (κ2) is 9.51. The van der Waals surface area contributed by atoms with E-state index < -0.39 is 0 Å². The lowest BCUT2D eigenvalue weighted by molar-refractivity contribution is 0.0977. The minimum Gasteiger partial charge on any atom is -0.318 e. The summed E-state index contributed by atoms with van der Waals surface area (Å²) in [6.45, 7) is 6.19. The molecule has 0 aliphatic rings. The van der Waals surface area contributed by atoms with Crippen molar-refractivity contribution in [3.05, 3.63) is 88.7 Å². The summed E-state index contributed by atoms with van der Waals surface area (Å²) in [5.74, 6) is 0.234. The molecule has 0 saturated heterocycles. The standard InChI is InChI=1S/C26H29NO2/c1-4-5-6-10-13-25(28)24-18-19(2)27(20(24)3)23-16-14-22(15-17-23)26(29)21-11-8-7-9-12-21/h7-9,11-12,14-18H,4-6,10,13H2,1-3H3. The predicted octanol–water partition coefficient (Wildman–Crippen LogP) is 6.48. The molecule has 0 spiro atoms. The maximum Gasteiger partial charge on any atom is 0.193 e. The first-order chi connectivity index (χ1) is 14.0. The van der Waals surface area contributed by atoms with Gasteiger partial charge in [0.15, 0.2) is 11.6 Å². The van der Waals surface area contributed by atoms with E-state index >= 15 is 0 Å². The predicted molar refractivity (Wildman–Crippen MR) is 118 cm³/mol. The van der Waals surface area contributed by atoms with Crippen LogP contribution in [-0.4, -0.2) is 16.1 Å². The first kappa shape index (κ1) is 20.8. The van der Waals surface area contributed by atoms with Crippen molar-refractivity contribution in [3.8, 4) is 5.69 Å². The Morgan fingerprint density at radius 1 is 0.828 bits per heavy atom. The molecule has 0 radical (unpaired) electrons. The summed E-state index contributed by atoms with van der Waals surface area (Å²) in [6.07, 6.45) is 5.02. The molecule has 0 fully saturated rings. The molecule has 0 aliphatic carbocycles. The maximum atomic E-state index is 12.7. The molecule has 3 nitrogen and oxygen atoms in total. The fourth-order valence-electron chi connectivity index (χ4n) is 3.81. The number of aromatic nitrogens is 1. The molecular weight excluding hydrogens is 358 g/mol. The largest absolute Gasteiger partial charge is 0.318 e. The normalized spacial score (nSPS) is 10.9. The molecule has 0 atom stereocenters. The van der Waals surface area contributed by atoms with E-state index in [0.29, 0.717) is 17.5 Å². The summed E-state index contributed by atoms with van der Waals surface area (Å²) in [5, 5.41) is 0. The first-order valence-electron chi connectivity index (χ1n) is 10.4. The van der Waals surface area contributed by atoms with E-state index in [4.69, 9.17) is 0 Å². The number of rotatable bonds is 9. The first-order valence-corrected chi connectivity index (χ1v) is 10.4. The molecule has 1 aromatic heterocycles. The zero-order valence-electron chi connectivity index (χ0n) is 17.6. The highest BCUT2D eigenvalue weighted by atomic mass is 16.1. The van der Waals surface area contributed by atoms with Gasteiger partial charge in [-0.15, -0.1) is 0 Å². The zero-order valence-corrected chi connectivity index (χ0v) is 17.6. The van der Waals surface area contributed by atoms with Crippen LogP contribution in [0.2, 0.25) is 0 Å². The monoisotopic (exact) mass is 387 g/mol. The molecule has 0 amide bonds. The van der Waals surface area contributed by atoms with Crippen LogP contribution >= 0.6 is 0 Å². The van der Waals surface area contributed by atoms with E-state index in [1.54, 1.807) is 0 Å². The van der Waals surface area contributed by atoms with Crippen LogP contribution < -0.4 is 0 Å². The molecule has 3 rings (SSSR count). The van der Waals surface area contributed by atoms with Crippen molar-refractivity contribution in [1.29, 1.82) is 0 Å². The SMILES string of the molecule is CCCCCCC(=O)c1cc(C)n(-c2ccc(C(=O)c3ccccc3)cc2)c1C. The van der Waals surface area contributed by atoms with Gasteiger partial charge in [-0.3, -0.25) is 9.59 Å². The average molecular weight is 388 g/mol. The van der Waals surface area contributed by atoms with Gasteiger partial charge in [0.25, 0.3) is 0 Å². The van der Waals surface area contributed by atoms with Crippen molar-refractivity contribution in [2.75, 3.05) is 0 Å². The van der Waals surface area contributed by atoms with Crippen LogP contribution in [0.15, 0.2) is 60.7 Å². The zero-order chi connectivity index (χ0) is 20.8. The number of aryl methyl sites for hydroxylation is 1. The van der Waals surface area contributed by atoms with Gasteiger partial charge in [0.2, 0.25) is 0 Å². The van der Waals surface area contributed by atoms with Crippen LogP contribution in [0, 0.1) is 13.8 Å². The Hall–Kier alpha value is -2.94. The van der Waals surface area contributed by atoms with Gasteiger partial charge in [-0.25, -0.2) is 0 Å². The third-order valence-corrected chi connectivity index (χ3v) is 5.41. The number of carbonyl (C=O) groups excluding carboxylic acids is 2. The molecule has 0 N–H and O–H groups in total. The van der Waals surface area contributed by atoms with Gasteiger partial charge in [0.05, 0.1) is 0 Å². The lowest BCUT2D eigenvalue weighted by Crippen LogP contribution is -2.05. The van der Waals surface area contributed by atoms with Gasteiger partial charge in [0, 0.05) is 40.2 Å². The van der Waals surface area contributed by atoms with Crippen molar-refractivity contribution in [3.63, 3.8) is 0 Å². The molecule has 0 saturated carbocycles. The van der Waals surface area contributed by atoms with Crippen LogP contribution in [-0.2, 0) is 0 Å². The molecule has 3 heteroatoms. The third-order valence-electron chi connectivity index (χ3n) is 5.41. The van der Waals surface area contributed by atoms with E-state index in [1.165, 1.54) is 12.8 Å². The van der Waals surface area contributed by atoms with Gasteiger partial charge in [0.1, 0.15) is 0 Å². The van der Waals surface area contributed by atoms with Crippen LogP contribution in [0.4, 0.5) is 0 Å². The van der Waals surface area contributed by atoms with Crippen LogP contribution in [0.25, 0.3) is 5.69 Å². The minimum atomic E-state index is 0.0149. The van der Waals surface area contributed by atoms with E-state index in [-0.39, 0.29) is 11.6 Å². The average Bonchev–Trinajstić information content (AvgIpc) is 3.05. The number of hydrogen-bond donors (Lipinski definition) is 0. The lowest BCUT2D eigenvalue weighted by Gasteiger charge is -2.11. The Labute approximate surface area is 173 Å². The Kier molecular flexibility index (Phi) is 6.82. The lowest BCUT2D eigenvalue weighted by atomic mass is 10.0. The second-order valence-electron chi connectivity index (χ2n) is 7.60. The molecular formula is C26H29NO2. The van der Waals surface area contributed by atoms with Crippen LogP contribution in [0.5, 0.6) is 0 Å². The summed E-state index contributed by atoms with van der Waals surface area (Å²) in [4.78, 5) is 25.3. The number of carbonyl (C=O) groups is 2. The van der Waals surface area contributed by atoms with Gasteiger partial charge in [-0.2, -0.15) is 0 Å². The van der Waals surface area contributed by atoms with Gasteiger partial charge >= 0.3 is 0 Å². The molecule has 0 unspecified atom stereocenters. The Morgan fingerprint density at radius 3 is 2.14 bits per heavy atom. The highest BCUT2D eigenvalue weighted by Crippen LogP contribution is 2.23. The molecule has 29 heavy (non-hydrogen) atoms. The van der Waals surface area contributed by atoms with E-state index in [2.05, 4.69) is 11.5 Å². The maximum absolute atomic E-state index is 12.7. The highest BCUT2D eigenvalue weighted by molar-refractivity contribution is 6.09. The fourth-order valence-corrected chi connectivity index (χ4v) is 3.81. The Bertz CT molecular complexity index is 982. The summed E-state index contributed by atoms with van der Waals surface area (Å²) in [6, 6.07) is 18.9. The topological polar surface area (TPSA) is 39.1 Å². The number of ketones is 2. The van der Waals surface area contributed by atoms with Gasteiger partial charge < -0.3 is 4.57 Å². The quantitative estimate of drug-likeness (QED) is 0.311. The van der Waals surface area contributed by atoms with Crippen LogP contribution in [0.3, 0.4) is 0 Å². The fraction of sp³-hybridized carbons (Fsp3) is 0.308. The number of hydrogen-bond acceptors (Lipinski definition) is 2. The summed E-state index contributed by atoms with van der Waals surface area (Å²) >= 11 is 0. The summed E-state index contributed by atoms with van der Waals surface area (Å²) in [7, 11) is 0. The highest BCUT2D eigenvalue weighted by Gasteiger charge is 2.17. The van der Waals surface area contributed by atoms with Crippen molar-refractivity contribution in [1.82, 2.24) is 4.57 Å². The second-order valence-corrected chi connectivity index (χ2v) is 7.60. The van der Waals surface area contributed by atoms with E-state index in [1.807, 2.05) is 74.5 Å². The minimum absolute atomic E-state index is 0.0149. The van der Waals surface area contributed by atoms with E-state index in [9.17, 15) is 9.59 Å². The van der Waals surface area contributed by atoms with Gasteiger partial charge in [-0.1, -0.05) is 56.5 Å². The molecule has 0 aliphatic heterocycles. The Balaban J connectivity index is 1.79. The van der Waals surface area contributed by atoms with Gasteiger partial charge in [-0.05, 0) is 50.6 Å². The van der Waals surface area contributed by atoms with Crippen molar-refractivity contribution < 1.29 is 9.59 Å². The number of benzene rings is 2. The number of unbranched alkanes of at least 4 members (excludes halogenated alkanes) is 3. The summed E-state index contributed by atoms with van der Waals surface area (Å²) < 4.78 is 2.09. The summed E-state index contributed by atoms with van der Waals surface area (Å²) in [5.41, 5.74) is 5.11. The molecule has 2 aromatic carbocycles.